The highest BCUT2D eigenvalue weighted by Gasteiger charge is 2.34. The van der Waals surface area contributed by atoms with E-state index in [4.69, 9.17) is 20.2 Å². The van der Waals surface area contributed by atoms with E-state index in [1.54, 1.807) is 19.1 Å². The zero-order chi connectivity index (χ0) is 22.1. The molecule has 0 spiro atoms. The number of carbonyl (C=O) groups is 1. The van der Waals surface area contributed by atoms with Crippen LogP contribution in [0.5, 0.6) is 5.75 Å². The van der Waals surface area contributed by atoms with E-state index in [9.17, 15) is 4.79 Å². The van der Waals surface area contributed by atoms with Gasteiger partial charge in [0.1, 0.15) is 11.4 Å². The summed E-state index contributed by atoms with van der Waals surface area (Å²) < 4.78 is 12.2. The fourth-order valence-electron chi connectivity index (χ4n) is 4.21. The zero-order valence-corrected chi connectivity index (χ0v) is 18.0. The van der Waals surface area contributed by atoms with Crippen molar-refractivity contribution in [2.24, 2.45) is 5.73 Å². The molecule has 0 bridgehead atoms. The van der Waals surface area contributed by atoms with Crippen molar-refractivity contribution in [1.82, 2.24) is 9.38 Å². The molecular weight excluding hydrogens is 402 g/mol. The highest BCUT2D eigenvalue weighted by molar-refractivity contribution is 5.82. The van der Waals surface area contributed by atoms with Crippen molar-refractivity contribution < 1.29 is 14.3 Å². The van der Waals surface area contributed by atoms with Gasteiger partial charge in [0.05, 0.1) is 18.0 Å². The maximum atomic E-state index is 11.7. The van der Waals surface area contributed by atoms with Crippen LogP contribution in [0.25, 0.3) is 28.2 Å². The molecule has 32 heavy (non-hydrogen) atoms. The van der Waals surface area contributed by atoms with Gasteiger partial charge in [-0.25, -0.2) is 9.78 Å². The van der Waals surface area contributed by atoms with Crippen LogP contribution in [0.3, 0.4) is 0 Å². The summed E-state index contributed by atoms with van der Waals surface area (Å²) >= 11 is 0. The van der Waals surface area contributed by atoms with Gasteiger partial charge in [0, 0.05) is 28.9 Å². The Morgan fingerprint density at radius 1 is 1.06 bits per heavy atom. The van der Waals surface area contributed by atoms with Crippen LogP contribution in [0, 0.1) is 0 Å². The number of benzene rings is 2. The molecule has 2 aromatic carbocycles. The van der Waals surface area contributed by atoms with Gasteiger partial charge in [-0.2, -0.15) is 0 Å². The van der Waals surface area contributed by atoms with E-state index in [0.717, 1.165) is 35.4 Å². The second-order valence-electron chi connectivity index (χ2n) is 8.14. The number of ether oxygens (including phenoxy) is 2. The number of nitrogens with two attached hydrogens (primary N) is 1. The van der Waals surface area contributed by atoms with Gasteiger partial charge in [0.2, 0.25) is 0 Å². The average molecular weight is 428 g/mol. The summed E-state index contributed by atoms with van der Waals surface area (Å²) in [5, 5.41) is 0. The topological polar surface area (TPSA) is 78.8 Å². The highest BCUT2D eigenvalue weighted by Crippen LogP contribution is 2.40. The van der Waals surface area contributed by atoms with Crippen LogP contribution in [0.2, 0.25) is 0 Å². The molecule has 1 aliphatic rings. The first-order chi connectivity index (χ1) is 15.6. The Bertz CT molecular complexity index is 1260. The van der Waals surface area contributed by atoms with Gasteiger partial charge in [-0.05, 0) is 37.8 Å². The van der Waals surface area contributed by atoms with Crippen molar-refractivity contribution in [2.45, 2.75) is 31.7 Å². The molecular formula is C26H25N3O3. The van der Waals surface area contributed by atoms with Crippen molar-refractivity contribution in [1.29, 1.82) is 0 Å². The monoisotopic (exact) mass is 427 g/mol. The van der Waals surface area contributed by atoms with E-state index >= 15 is 0 Å². The summed E-state index contributed by atoms with van der Waals surface area (Å²) in [5.74, 6) is 0.387. The predicted octanol–water partition coefficient (Wildman–Crippen LogP) is 5.54. The van der Waals surface area contributed by atoms with E-state index in [1.165, 1.54) is 12.0 Å². The third-order valence-electron chi connectivity index (χ3n) is 6.09. The minimum absolute atomic E-state index is 0.195. The van der Waals surface area contributed by atoms with Crippen LogP contribution in [0.4, 0.5) is 4.79 Å². The fraction of sp³-hybridized carbons (Fsp3) is 0.231. The van der Waals surface area contributed by atoms with E-state index in [1.807, 2.05) is 28.8 Å². The predicted molar refractivity (Wildman–Crippen MR) is 123 cm³/mol. The van der Waals surface area contributed by atoms with Gasteiger partial charge in [0.25, 0.3) is 0 Å². The third kappa shape index (κ3) is 3.63. The standard InChI is InChI=1S/C26H25N3O3/c1-2-31-25(30)32-21-13-16-29-22(17-21)28-23(24(29)19-7-4-3-5-8-19)18-9-11-20(12-10-18)26(27)14-6-15-26/h3-5,7-13,16-17H,2,6,14-15,27H2,1H3. The second-order valence-corrected chi connectivity index (χ2v) is 8.14. The third-order valence-corrected chi connectivity index (χ3v) is 6.09. The molecule has 0 radical (unpaired) electrons. The fourth-order valence-corrected chi connectivity index (χ4v) is 4.21. The highest BCUT2D eigenvalue weighted by atomic mass is 16.7. The van der Waals surface area contributed by atoms with Crippen LogP contribution in [-0.4, -0.2) is 22.1 Å². The first-order valence-corrected chi connectivity index (χ1v) is 10.9. The molecule has 6 nitrogen and oxygen atoms in total. The summed E-state index contributed by atoms with van der Waals surface area (Å²) in [7, 11) is 0. The SMILES string of the molecule is CCOC(=O)Oc1ccn2c(-c3ccccc3)c(-c3ccc(C4(N)CCC4)cc3)nc2c1. The van der Waals surface area contributed by atoms with E-state index in [-0.39, 0.29) is 12.1 Å². The van der Waals surface area contributed by atoms with Crippen LogP contribution in [0.15, 0.2) is 72.9 Å². The lowest BCUT2D eigenvalue weighted by Gasteiger charge is -2.38. The number of fused-ring (bicyclic) bond motifs is 1. The molecule has 1 saturated carbocycles. The molecule has 1 fully saturated rings. The molecule has 2 heterocycles. The van der Waals surface area contributed by atoms with Crippen molar-refractivity contribution in [3.05, 3.63) is 78.5 Å². The lowest BCUT2D eigenvalue weighted by Crippen LogP contribution is -2.43. The number of pyridine rings is 1. The first-order valence-electron chi connectivity index (χ1n) is 10.9. The van der Waals surface area contributed by atoms with E-state index < -0.39 is 6.16 Å². The first kappa shape index (κ1) is 20.3. The van der Waals surface area contributed by atoms with E-state index in [2.05, 4.69) is 36.4 Å². The molecule has 0 amide bonds. The Balaban J connectivity index is 1.59. The molecule has 1 aliphatic carbocycles. The summed E-state index contributed by atoms with van der Waals surface area (Å²) in [4.78, 5) is 16.6. The maximum Gasteiger partial charge on any atom is 0.513 e. The number of hydrogen-bond donors (Lipinski definition) is 1. The lowest BCUT2D eigenvalue weighted by molar-refractivity contribution is 0.104. The molecule has 4 aromatic rings. The van der Waals surface area contributed by atoms with E-state index in [0.29, 0.717) is 11.4 Å². The average Bonchev–Trinajstić information content (AvgIpc) is 3.17. The molecule has 0 aliphatic heterocycles. The summed E-state index contributed by atoms with van der Waals surface area (Å²) in [5.41, 5.74) is 12.0. The van der Waals surface area contributed by atoms with Gasteiger partial charge in [-0.3, -0.25) is 4.40 Å². The maximum absolute atomic E-state index is 11.7. The van der Waals surface area contributed by atoms with Gasteiger partial charge in [-0.15, -0.1) is 0 Å². The molecule has 162 valence electrons. The number of imidazole rings is 1. The Labute approximate surface area is 186 Å². The van der Waals surface area contributed by atoms with Crippen LogP contribution in [-0.2, 0) is 10.3 Å². The van der Waals surface area contributed by atoms with Crippen molar-refractivity contribution >= 4 is 11.8 Å². The largest absolute Gasteiger partial charge is 0.513 e. The molecule has 2 N–H and O–H groups in total. The lowest BCUT2D eigenvalue weighted by atomic mass is 9.72. The quantitative estimate of drug-likeness (QED) is 0.423. The molecule has 0 atom stereocenters. The normalized spacial score (nSPS) is 14.7. The van der Waals surface area contributed by atoms with Crippen LogP contribution >= 0.6 is 0 Å². The Morgan fingerprint density at radius 2 is 1.81 bits per heavy atom. The van der Waals surface area contributed by atoms with Gasteiger partial charge in [-0.1, -0.05) is 54.6 Å². The second kappa shape index (κ2) is 8.13. The summed E-state index contributed by atoms with van der Waals surface area (Å²) in [6.07, 6.45) is 4.37. The molecule has 5 rings (SSSR count). The smallest absolute Gasteiger partial charge is 0.434 e. The molecule has 2 aromatic heterocycles. The van der Waals surface area contributed by atoms with Crippen molar-refractivity contribution in [3.63, 3.8) is 0 Å². The van der Waals surface area contributed by atoms with Crippen molar-refractivity contribution in [3.8, 4) is 28.3 Å². The number of hydrogen-bond acceptors (Lipinski definition) is 5. The van der Waals surface area contributed by atoms with Gasteiger partial charge < -0.3 is 15.2 Å². The summed E-state index contributed by atoms with van der Waals surface area (Å²) in [6.45, 7) is 1.99. The Hall–Kier alpha value is -3.64. The van der Waals surface area contributed by atoms with Gasteiger partial charge >= 0.3 is 6.16 Å². The minimum Gasteiger partial charge on any atom is -0.434 e. The minimum atomic E-state index is -0.728. The number of nitrogens with zero attached hydrogens (tertiary/aromatic N) is 2. The number of rotatable bonds is 5. The van der Waals surface area contributed by atoms with Gasteiger partial charge in [0.15, 0.2) is 0 Å². The van der Waals surface area contributed by atoms with Crippen LogP contribution in [0.1, 0.15) is 31.7 Å². The van der Waals surface area contributed by atoms with Crippen LogP contribution < -0.4 is 10.5 Å². The number of carbonyl (C=O) groups excluding carboxylic acids is 1. The Kier molecular flexibility index (Phi) is 5.15. The molecule has 0 saturated heterocycles. The molecule has 0 unspecified atom stereocenters. The Morgan fingerprint density at radius 3 is 2.47 bits per heavy atom. The number of aromatic nitrogens is 2. The zero-order valence-electron chi connectivity index (χ0n) is 18.0. The summed E-state index contributed by atoms with van der Waals surface area (Å²) in [6, 6.07) is 22.0. The van der Waals surface area contributed by atoms with Crippen molar-refractivity contribution in [2.75, 3.05) is 6.61 Å². The molecule has 6 heteroatoms.